The lowest BCUT2D eigenvalue weighted by atomic mass is 9.67. The van der Waals surface area contributed by atoms with Gasteiger partial charge in [-0.3, -0.25) is 0 Å². The first-order chi connectivity index (χ1) is 36.6. The normalized spacial score (nSPS) is 14.7. The Labute approximate surface area is 434 Å². The van der Waals surface area contributed by atoms with Crippen LogP contribution in [-0.2, 0) is 10.8 Å². The molecular weight excluding hydrogens is 891 g/mol. The second kappa shape index (κ2) is 17.5. The van der Waals surface area contributed by atoms with Crippen LogP contribution in [0.4, 0.5) is 17.1 Å². The van der Waals surface area contributed by atoms with Crippen molar-refractivity contribution in [3.8, 4) is 55.6 Å². The zero-order valence-electron chi connectivity index (χ0n) is 41.2. The average Bonchev–Trinajstić information content (AvgIpc) is 4.02. The molecule has 2 aliphatic carbocycles. The van der Waals surface area contributed by atoms with Crippen LogP contribution in [0.1, 0.15) is 45.9 Å². The van der Waals surface area contributed by atoms with Gasteiger partial charge in [0.15, 0.2) is 0 Å². The van der Waals surface area contributed by atoms with Gasteiger partial charge in [0, 0.05) is 22.4 Å². The minimum Gasteiger partial charge on any atom is -0.310 e. The second-order valence-corrected chi connectivity index (χ2v) is 20.1. The fourth-order valence-electron chi connectivity index (χ4n) is 12.7. The summed E-state index contributed by atoms with van der Waals surface area (Å²) in [6, 6.07) is 108. The standard InChI is InChI=1S/C73H51N/c1-72(57-23-5-2-6-24-57)67-33-16-13-31-63(67)65-45-41-56(49-69(65)72)62-30-15-18-35-71(62)74(61-29-19-22-53(47-61)54-37-36-50-20-11-12-21-52(50)46-54)60-42-38-51(39-43-60)55-40-44-66-64-32-14-17-34-68(64)73(70(66)48-55,58-25-7-3-8-26-58)59-27-9-4-10-28-59/h2-49H,1H3. The Kier molecular flexibility index (Phi) is 10.3. The molecule has 0 aliphatic heterocycles. The zero-order valence-corrected chi connectivity index (χ0v) is 41.2. The van der Waals surface area contributed by atoms with Crippen LogP contribution in [0.25, 0.3) is 66.4 Å². The van der Waals surface area contributed by atoms with Gasteiger partial charge in [0.05, 0.1) is 11.1 Å². The van der Waals surface area contributed by atoms with E-state index in [1.54, 1.807) is 0 Å². The van der Waals surface area contributed by atoms with Crippen LogP contribution >= 0.6 is 0 Å². The van der Waals surface area contributed by atoms with Crippen molar-refractivity contribution in [3.63, 3.8) is 0 Å². The predicted octanol–water partition coefficient (Wildman–Crippen LogP) is 19.0. The van der Waals surface area contributed by atoms with Crippen LogP contribution < -0.4 is 4.90 Å². The SMILES string of the molecule is CC1(c2ccccc2)c2ccccc2-c2ccc(-c3ccccc3N(c3ccc(-c4ccc5c(c4)C(c4ccccc4)(c4ccccc4)c4ccccc4-5)cc3)c3cccc(-c4ccc5ccccc5c4)c3)cc21. The van der Waals surface area contributed by atoms with Crippen molar-refractivity contribution in [1.29, 1.82) is 0 Å². The van der Waals surface area contributed by atoms with E-state index in [-0.39, 0.29) is 5.41 Å². The minimum absolute atomic E-state index is 0.315. The number of benzene rings is 12. The minimum atomic E-state index is -0.472. The number of para-hydroxylation sites is 1. The largest absolute Gasteiger partial charge is 0.310 e. The summed E-state index contributed by atoms with van der Waals surface area (Å²) in [5, 5.41) is 2.47. The summed E-state index contributed by atoms with van der Waals surface area (Å²) in [4.78, 5) is 2.46. The van der Waals surface area contributed by atoms with Crippen molar-refractivity contribution in [3.05, 3.63) is 330 Å². The van der Waals surface area contributed by atoms with Gasteiger partial charge in [-0.05, 0) is 155 Å². The lowest BCUT2D eigenvalue weighted by molar-refractivity contribution is 0.714. The monoisotopic (exact) mass is 941 g/mol. The van der Waals surface area contributed by atoms with E-state index in [0.29, 0.717) is 0 Å². The van der Waals surface area contributed by atoms with Crippen molar-refractivity contribution in [2.75, 3.05) is 4.90 Å². The van der Waals surface area contributed by atoms with Crippen molar-refractivity contribution < 1.29 is 0 Å². The molecule has 1 unspecified atom stereocenters. The first-order valence-electron chi connectivity index (χ1n) is 25.8. The molecule has 12 aromatic rings. The summed E-state index contributed by atoms with van der Waals surface area (Å²) in [5.74, 6) is 0. The number of rotatable bonds is 9. The second-order valence-electron chi connectivity index (χ2n) is 20.1. The van der Waals surface area contributed by atoms with Crippen LogP contribution in [-0.4, -0.2) is 0 Å². The highest BCUT2D eigenvalue weighted by Gasteiger charge is 2.46. The molecule has 0 amide bonds. The molecule has 0 saturated heterocycles. The summed E-state index contributed by atoms with van der Waals surface area (Å²) < 4.78 is 0. The van der Waals surface area contributed by atoms with E-state index in [1.807, 2.05) is 0 Å². The van der Waals surface area contributed by atoms with E-state index in [0.717, 1.165) is 17.1 Å². The van der Waals surface area contributed by atoms with Gasteiger partial charge >= 0.3 is 0 Å². The summed E-state index contributed by atoms with van der Waals surface area (Å²) in [6.45, 7) is 2.40. The quantitative estimate of drug-likeness (QED) is 0.139. The maximum Gasteiger partial charge on any atom is 0.0713 e. The summed E-state index contributed by atoms with van der Waals surface area (Å²) in [5.41, 5.74) is 23.8. The van der Waals surface area contributed by atoms with Crippen molar-refractivity contribution in [2.24, 2.45) is 0 Å². The Balaban J connectivity index is 0.921. The Hall–Kier alpha value is -9.30. The van der Waals surface area contributed by atoms with Crippen molar-refractivity contribution >= 4 is 27.8 Å². The molecular formula is C73H51N. The highest BCUT2D eigenvalue weighted by atomic mass is 15.1. The molecule has 12 aromatic carbocycles. The molecule has 0 N–H and O–H groups in total. The van der Waals surface area contributed by atoms with E-state index < -0.39 is 5.41 Å². The third-order valence-corrected chi connectivity index (χ3v) is 16.2. The molecule has 0 bridgehead atoms. The Morgan fingerprint density at radius 1 is 0.257 bits per heavy atom. The van der Waals surface area contributed by atoms with Gasteiger partial charge in [-0.15, -0.1) is 0 Å². The van der Waals surface area contributed by atoms with Crippen LogP contribution in [0.3, 0.4) is 0 Å². The molecule has 1 atom stereocenters. The van der Waals surface area contributed by atoms with Gasteiger partial charge in [0.2, 0.25) is 0 Å². The van der Waals surface area contributed by atoms with E-state index in [9.17, 15) is 0 Å². The number of hydrogen-bond donors (Lipinski definition) is 0. The molecule has 74 heavy (non-hydrogen) atoms. The third kappa shape index (κ3) is 6.78. The molecule has 2 aliphatic rings. The topological polar surface area (TPSA) is 3.24 Å². The molecule has 14 rings (SSSR count). The molecule has 0 aromatic heterocycles. The van der Waals surface area contributed by atoms with Gasteiger partial charge in [-0.25, -0.2) is 0 Å². The van der Waals surface area contributed by atoms with E-state index in [4.69, 9.17) is 0 Å². The Bertz CT molecular complexity index is 4040. The van der Waals surface area contributed by atoms with Gasteiger partial charge in [0.1, 0.15) is 0 Å². The van der Waals surface area contributed by atoms with E-state index >= 15 is 0 Å². The van der Waals surface area contributed by atoms with Crippen LogP contribution in [0, 0.1) is 0 Å². The lowest BCUT2D eigenvalue weighted by Gasteiger charge is -2.34. The van der Waals surface area contributed by atoms with Crippen molar-refractivity contribution in [2.45, 2.75) is 17.8 Å². The first kappa shape index (κ1) is 43.5. The van der Waals surface area contributed by atoms with Crippen LogP contribution in [0.2, 0.25) is 0 Å². The maximum atomic E-state index is 2.46. The van der Waals surface area contributed by atoms with Crippen LogP contribution in [0.5, 0.6) is 0 Å². The predicted molar refractivity (Wildman–Crippen MR) is 310 cm³/mol. The fourth-order valence-corrected chi connectivity index (χ4v) is 12.7. The molecule has 1 nitrogen and oxygen atoms in total. The molecule has 0 fully saturated rings. The molecule has 348 valence electrons. The smallest absolute Gasteiger partial charge is 0.0713 e. The van der Waals surface area contributed by atoms with Gasteiger partial charge in [0.25, 0.3) is 0 Å². The number of anilines is 3. The van der Waals surface area contributed by atoms with Gasteiger partial charge in [-0.1, -0.05) is 243 Å². The first-order valence-corrected chi connectivity index (χ1v) is 25.8. The molecule has 0 radical (unpaired) electrons. The number of fused-ring (bicyclic) bond motifs is 7. The van der Waals surface area contributed by atoms with E-state index in [2.05, 4.69) is 303 Å². The van der Waals surface area contributed by atoms with E-state index in [1.165, 1.54) is 105 Å². The van der Waals surface area contributed by atoms with Gasteiger partial charge in [-0.2, -0.15) is 0 Å². The molecule has 1 heteroatoms. The fraction of sp³-hybridized carbons (Fsp3) is 0.0411. The zero-order chi connectivity index (χ0) is 49.2. The Morgan fingerprint density at radius 3 is 1.46 bits per heavy atom. The molecule has 0 saturated carbocycles. The number of nitrogens with zero attached hydrogens (tertiary/aromatic N) is 1. The maximum absolute atomic E-state index is 2.46. The third-order valence-electron chi connectivity index (χ3n) is 16.2. The van der Waals surface area contributed by atoms with Crippen LogP contribution in [0.15, 0.2) is 291 Å². The summed E-state index contributed by atoms with van der Waals surface area (Å²) in [7, 11) is 0. The average molecular weight is 942 g/mol. The number of hydrogen-bond acceptors (Lipinski definition) is 1. The molecule has 0 heterocycles. The highest BCUT2D eigenvalue weighted by molar-refractivity contribution is 5.94. The highest BCUT2D eigenvalue weighted by Crippen LogP contribution is 2.57. The van der Waals surface area contributed by atoms with Crippen molar-refractivity contribution in [1.82, 2.24) is 0 Å². The van der Waals surface area contributed by atoms with Gasteiger partial charge < -0.3 is 4.90 Å². The lowest BCUT2D eigenvalue weighted by Crippen LogP contribution is -2.28. The summed E-state index contributed by atoms with van der Waals surface area (Å²) in [6.07, 6.45) is 0. The molecule has 0 spiro atoms. The summed E-state index contributed by atoms with van der Waals surface area (Å²) >= 11 is 0. The Morgan fingerprint density at radius 2 is 0.743 bits per heavy atom.